The first-order valence-electron chi connectivity index (χ1n) is 9.15. The fourth-order valence-corrected chi connectivity index (χ4v) is 2.70. The van der Waals surface area contributed by atoms with Crippen molar-refractivity contribution in [1.29, 1.82) is 0 Å². The number of nitrogens with one attached hydrogen (secondary N) is 1. The van der Waals surface area contributed by atoms with E-state index in [-0.39, 0.29) is 5.82 Å². The van der Waals surface area contributed by atoms with Crippen LogP contribution in [-0.2, 0) is 16.2 Å². The first kappa shape index (κ1) is 21.4. The van der Waals surface area contributed by atoms with Gasteiger partial charge in [0.2, 0.25) is 0 Å². The summed E-state index contributed by atoms with van der Waals surface area (Å²) in [5.41, 5.74) is 8.22. The molecule has 2 aromatic carbocycles. The summed E-state index contributed by atoms with van der Waals surface area (Å²) in [4.78, 5) is 13.3. The second kappa shape index (κ2) is 11.0. The van der Waals surface area contributed by atoms with Crippen LogP contribution in [0.4, 0.5) is 17.3 Å². The number of nitrogen functional groups attached to an aromatic ring is 1. The fourth-order valence-electron chi connectivity index (χ4n) is 2.47. The van der Waals surface area contributed by atoms with Crippen LogP contribution in [0.1, 0.15) is 11.1 Å². The average molecular weight is 428 g/mol. The Balaban J connectivity index is 1.69. The monoisotopic (exact) mass is 427 g/mol. The number of nitrogens with zero attached hydrogens (tertiary/aromatic N) is 3. The average Bonchev–Trinajstić information content (AvgIpc) is 2.75. The number of hydrogen-bond acceptors (Lipinski definition) is 8. The Kier molecular flexibility index (Phi) is 7.82. The maximum Gasteiger partial charge on any atom is 0.144 e. The van der Waals surface area contributed by atoms with Crippen molar-refractivity contribution in [2.45, 2.75) is 6.61 Å². The van der Waals surface area contributed by atoms with Crippen molar-refractivity contribution >= 4 is 35.1 Å². The van der Waals surface area contributed by atoms with Gasteiger partial charge in [-0.1, -0.05) is 47.1 Å². The highest BCUT2D eigenvalue weighted by Gasteiger charge is 2.10. The van der Waals surface area contributed by atoms with Gasteiger partial charge < -0.3 is 25.4 Å². The van der Waals surface area contributed by atoms with Crippen molar-refractivity contribution < 1.29 is 14.3 Å². The number of nitrogens with two attached hydrogens (primary N) is 1. The Labute approximate surface area is 179 Å². The molecule has 3 rings (SSSR count). The van der Waals surface area contributed by atoms with E-state index < -0.39 is 0 Å². The zero-order chi connectivity index (χ0) is 21.2. The van der Waals surface area contributed by atoms with Gasteiger partial charge in [-0.05, 0) is 23.8 Å². The van der Waals surface area contributed by atoms with Crippen LogP contribution in [0.25, 0.3) is 0 Å². The van der Waals surface area contributed by atoms with E-state index in [0.717, 1.165) is 5.56 Å². The molecule has 8 nitrogen and oxygen atoms in total. The third-order valence-corrected chi connectivity index (χ3v) is 4.28. The molecule has 0 aliphatic rings. The summed E-state index contributed by atoms with van der Waals surface area (Å²) < 4.78 is 10.7. The predicted octanol–water partition coefficient (Wildman–Crippen LogP) is 4.03. The lowest BCUT2D eigenvalue weighted by atomic mass is 10.2. The SMILES string of the molecule is COCCON=Cc1c(N)ncnc1Nc1ccc(OCc2ccccc2)c(Cl)c1. The Bertz CT molecular complexity index is 986. The summed E-state index contributed by atoms with van der Waals surface area (Å²) in [6.07, 6.45) is 2.81. The van der Waals surface area contributed by atoms with E-state index in [0.29, 0.717) is 47.7 Å². The van der Waals surface area contributed by atoms with E-state index >= 15 is 0 Å². The van der Waals surface area contributed by atoms with Crippen LogP contribution < -0.4 is 15.8 Å². The van der Waals surface area contributed by atoms with Crippen LogP contribution in [0, 0.1) is 0 Å². The van der Waals surface area contributed by atoms with Crippen molar-refractivity contribution in [2.24, 2.45) is 5.16 Å². The summed E-state index contributed by atoms with van der Waals surface area (Å²) >= 11 is 6.38. The summed E-state index contributed by atoms with van der Waals surface area (Å²) in [6.45, 7) is 1.18. The van der Waals surface area contributed by atoms with E-state index in [1.54, 1.807) is 19.2 Å². The van der Waals surface area contributed by atoms with Crippen molar-refractivity contribution in [3.05, 3.63) is 71.0 Å². The lowest BCUT2D eigenvalue weighted by molar-refractivity contribution is 0.0760. The molecule has 1 aromatic heterocycles. The topological polar surface area (TPSA) is 104 Å². The fraction of sp³-hybridized carbons (Fsp3) is 0.190. The molecule has 156 valence electrons. The van der Waals surface area contributed by atoms with E-state index in [1.807, 2.05) is 36.4 Å². The zero-order valence-electron chi connectivity index (χ0n) is 16.4. The highest BCUT2D eigenvalue weighted by atomic mass is 35.5. The van der Waals surface area contributed by atoms with Crippen molar-refractivity contribution in [2.75, 3.05) is 31.4 Å². The highest BCUT2D eigenvalue weighted by Crippen LogP contribution is 2.30. The number of hydrogen-bond donors (Lipinski definition) is 2. The maximum absolute atomic E-state index is 6.38. The lowest BCUT2D eigenvalue weighted by Gasteiger charge is -2.12. The van der Waals surface area contributed by atoms with Crippen molar-refractivity contribution in [1.82, 2.24) is 9.97 Å². The Morgan fingerprint density at radius 3 is 2.73 bits per heavy atom. The molecule has 3 N–H and O–H groups in total. The van der Waals surface area contributed by atoms with E-state index in [2.05, 4.69) is 20.4 Å². The maximum atomic E-state index is 6.38. The largest absolute Gasteiger partial charge is 0.487 e. The molecule has 0 radical (unpaired) electrons. The third-order valence-electron chi connectivity index (χ3n) is 3.98. The summed E-state index contributed by atoms with van der Waals surface area (Å²) in [6, 6.07) is 15.2. The molecule has 0 aliphatic heterocycles. The van der Waals surface area contributed by atoms with E-state index in [1.165, 1.54) is 12.5 Å². The number of methoxy groups -OCH3 is 1. The first-order valence-corrected chi connectivity index (χ1v) is 9.53. The van der Waals surface area contributed by atoms with Crippen LogP contribution in [0.15, 0.2) is 60.0 Å². The van der Waals surface area contributed by atoms with Crippen LogP contribution in [-0.4, -0.2) is 36.5 Å². The molecule has 3 aromatic rings. The van der Waals surface area contributed by atoms with Gasteiger partial charge in [-0.25, -0.2) is 9.97 Å². The molecule has 0 aliphatic carbocycles. The molecule has 30 heavy (non-hydrogen) atoms. The molecule has 0 fully saturated rings. The minimum Gasteiger partial charge on any atom is -0.487 e. The van der Waals surface area contributed by atoms with Gasteiger partial charge in [0.25, 0.3) is 0 Å². The number of ether oxygens (including phenoxy) is 2. The summed E-state index contributed by atoms with van der Waals surface area (Å²) in [5.74, 6) is 1.32. The standard InChI is InChI=1S/C21H22ClN5O3/c1-28-9-10-30-26-12-17-20(23)24-14-25-21(17)27-16-7-8-19(18(22)11-16)29-13-15-5-3-2-4-6-15/h2-8,11-12,14H,9-10,13H2,1H3,(H3,23,24,25,27). The molecule has 0 saturated heterocycles. The minimum absolute atomic E-state index is 0.264. The number of halogens is 1. The second-order valence-corrected chi connectivity index (χ2v) is 6.53. The van der Waals surface area contributed by atoms with Crippen LogP contribution in [0.3, 0.4) is 0 Å². The molecule has 0 spiro atoms. The van der Waals surface area contributed by atoms with Crippen molar-refractivity contribution in [3.63, 3.8) is 0 Å². The molecule has 1 heterocycles. The normalized spacial score (nSPS) is 10.9. The van der Waals surface area contributed by atoms with Gasteiger partial charge in [-0.2, -0.15) is 0 Å². The predicted molar refractivity (Wildman–Crippen MR) is 117 cm³/mol. The Hall–Kier alpha value is -3.36. The number of benzene rings is 2. The van der Waals surface area contributed by atoms with Gasteiger partial charge >= 0.3 is 0 Å². The molecule has 0 amide bonds. The number of aromatic nitrogens is 2. The smallest absolute Gasteiger partial charge is 0.144 e. The van der Waals surface area contributed by atoms with Gasteiger partial charge in [-0.15, -0.1) is 0 Å². The minimum atomic E-state index is 0.264. The zero-order valence-corrected chi connectivity index (χ0v) is 17.2. The third kappa shape index (κ3) is 6.07. The van der Waals surface area contributed by atoms with Crippen LogP contribution in [0.2, 0.25) is 5.02 Å². The molecular weight excluding hydrogens is 406 g/mol. The van der Waals surface area contributed by atoms with Gasteiger partial charge in [0.1, 0.15) is 36.9 Å². The number of oxime groups is 1. The summed E-state index contributed by atoms with van der Waals surface area (Å²) in [7, 11) is 1.58. The van der Waals surface area contributed by atoms with Gasteiger partial charge in [0.05, 0.1) is 23.4 Å². The van der Waals surface area contributed by atoms with Crippen LogP contribution in [0.5, 0.6) is 5.75 Å². The van der Waals surface area contributed by atoms with E-state index in [4.69, 9.17) is 31.6 Å². The molecule has 0 saturated carbocycles. The molecule has 0 bridgehead atoms. The van der Waals surface area contributed by atoms with Gasteiger partial charge in [-0.3, -0.25) is 0 Å². The molecule has 9 heteroatoms. The van der Waals surface area contributed by atoms with E-state index in [9.17, 15) is 0 Å². The first-order chi connectivity index (χ1) is 14.7. The Morgan fingerprint density at radius 1 is 1.13 bits per heavy atom. The van der Waals surface area contributed by atoms with Gasteiger partial charge in [0.15, 0.2) is 0 Å². The second-order valence-electron chi connectivity index (χ2n) is 6.13. The molecule has 0 unspecified atom stereocenters. The number of anilines is 3. The van der Waals surface area contributed by atoms with Crippen LogP contribution >= 0.6 is 11.6 Å². The highest BCUT2D eigenvalue weighted by molar-refractivity contribution is 6.32. The molecule has 0 atom stereocenters. The number of rotatable bonds is 10. The molecular formula is C21H22ClN5O3. The quantitative estimate of drug-likeness (QED) is 0.286. The Morgan fingerprint density at radius 2 is 1.97 bits per heavy atom. The van der Waals surface area contributed by atoms with Crippen molar-refractivity contribution in [3.8, 4) is 5.75 Å². The van der Waals surface area contributed by atoms with Gasteiger partial charge in [0, 0.05) is 12.8 Å². The lowest BCUT2D eigenvalue weighted by Crippen LogP contribution is -2.05. The summed E-state index contributed by atoms with van der Waals surface area (Å²) in [5, 5.41) is 7.51.